The van der Waals surface area contributed by atoms with E-state index in [4.69, 9.17) is 16.3 Å². The van der Waals surface area contributed by atoms with Crippen LogP contribution in [0.25, 0.3) is 0 Å². The van der Waals surface area contributed by atoms with Crippen LogP contribution in [0.2, 0.25) is 5.02 Å². The summed E-state index contributed by atoms with van der Waals surface area (Å²) in [7, 11) is 1.90. The van der Waals surface area contributed by atoms with Crippen molar-refractivity contribution in [1.29, 1.82) is 0 Å². The largest absolute Gasteiger partial charge is 0.437 e. The van der Waals surface area contributed by atoms with Gasteiger partial charge in [0.15, 0.2) is 0 Å². The third-order valence-corrected chi connectivity index (χ3v) is 2.79. The van der Waals surface area contributed by atoms with Gasteiger partial charge in [-0.2, -0.15) is 0 Å². The predicted octanol–water partition coefficient (Wildman–Crippen LogP) is 3.56. The minimum atomic E-state index is 0.551. The first-order valence-electron chi connectivity index (χ1n) is 5.72. The average molecular weight is 263 g/mol. The highest BCUT2D eigenvalue weighted by atomic mass is 35.5. The van der Waals surface area contributed by atoms with Crippen molar-refractivity contribution in [1.82, 2.24) is 10.3 Å². The summed E-state index contributed by atoms with van der Waals surface area (Å²) in [5.74, 6) is 1.18. The van der Waals surface area contributed by atoms with Crippen LogP contribution in [-0.2, 0) is 6.54 Å². The summed E-state index contributed by atoms with van der Waals surface area (Å²) in [5, 5.41) is 3.67. The molecule has 0 aliphatic heterocycles. The van der Waals surface area contributed by atoms with Crippen LogP contribution in [0.5, 0.6) is 11.6 Å². The van der Waals surface area contributed by atoms with Crippen molar-refractivity contribution in [2.24, 2.45) is 0 Å². The van der Waals surface area contributed by atoms with Crippen molar-refractivity contribution in [3.63, 3.8) is 0 Å². The van der Waals surface area contributed by atoms with Crippen LogP contribution < -0.4 is 10.1 Å². The quantitative estimate of drug-likeness (QED) is 0.915. The van der Waals surface area contributed by atoms with Crippen molar-refractivity contribution in [2.45, 2.75) is 13.5 Å². The molecule has 1 aromatic carbocycles. The fourth-order valence-electron chi connectivity index (χ4n) is 1.62. The molecule has 0 amide bonds. The Balaban J connectivity index is 2.22. The van der Waals surface area contributed by atoms with Gasteiger partial charge < -0.3 is 10.1 Å². The molecular formula is C14H15ClN2O. The summed E-state index contributed by atoms with van der Waals surface area (Å²) in [6.45, 7) is 2.77. The SMILES string of the molecule is CNCc1ccnc(Oc2cc(C)ccc2Cl)c1. The number of halogens is 1. The summed E-state index contributed by atoms with van der Waals surface area (Å²) in [5.41, 5.74) is 2.21. The smallest absolute Gasteiger partial charge is 0.219 e. The van der Waals surface area contributed by atoms with Crippen LogP contribution in [0.15, 0.2) is 36.5 Å². The fourth-order valence-corrected chi connectivity index (χ4v) is 1.78. The first-order chi connectivity index (χ1) is 8.69. The van der Waals surface area contributed by atoms with E-state index in [1.807, 2.05) is 44.3 Å². The highest BCUT2D eigenvalue weighted by molar-refractivity contribution is 6.32. The molecule has 18 heavy (non-hydrogen) atoms. The predicted molar refractivity (Wildman–Crippen MR) is 73.3 cm³/mol. The van der Waals surface area contributed by atoms with E-state index in [1.54, 1.807) is 6.20 Å². The number of ether oxygens (including phenoxy) is 1. The number of aromatic nitrogens is 1. The summed E-state index contributed by atoms with van der Waals surface area (Å²) in [4.78, 5) is 4.18. The third-order valence-electron chi connectivity index (χ3n) is 2.48. The van der Waals surface area contributed by atoms with Crippen molar-refractivity contribution >= 4 is 11.6 Å². The summed E-state index contributed by atoms with van der Waals surface area (Å²) in [6, 6.07) is 9.51. The lowest BCUT2D eigenvalue weighted by molar-refractivity contribution is 0.462. The Morgan fingerprint density at radius 3 is 2.89 bits per heavy atom. The zero-order chi connectivity index (χ0) is 13.0. The summed E-state index contributed by atoms with van der Waals surface area (Å²) < 4.78 is 5.71. The van der Waals surface area contributed by atoms with Crippen LogP contribution in [0.4, 0.5) is 0 Å². The van der Waals surface area contributed by atoms with Gasteiger partial charge in [0.2, 0.25) is 5.88 Å². The van der Waals surface area contributed by atoms with Gasteiger partial charge in [0.05, 0.1) is 5.02 Å². The molecule has 0 aliphatic carbocycles. The van der Waals surface area contributed by atoms with Gasteiger partial charge in [0, 0.05) is 18.8 Å². The molecule has 0 radical (unpaired) electrons. The van der Waals surface area contributed by atoms with Gasteiger partial charge in [0.25, 0.3) is 0 Å². The van der Waals surface area contributed by atoms with Crippen molar-refractivity contribution in [3.8, 4) is 11.6 Å². The van der Waals surface area contributed by atoms with Crippen LogP contribution >= 0.6 is 11.6 Å². The Morgan fingerprint density at radius 2 is 2.11 bits per heavy atom. The second kappa shape index (κ2) is 5.85. The van der Waals surface area contributed by atoms with Gasteiger partial charge in [-0.15, -0.1) is 0 Å². The van der Waals surface area contributed by atoms with E-state index in [1.165, 1.54) is 0 Å². The molecule has 0 spiro atoms. The van der Waals surface area contributed by atoms with Crippen LogP contribution in [0.1, 0.15) is 11.1 Å². The molecule has 0 fully saturated rings. The first kappa shape index (κ1) is 12.9. The lowest BCUT2D eigenvalue weighted by Gasteiger charge is -2.08. The highest BCUT2D eigenvalue weighted by Gasteiger charge is 2.05. The summed E-state index contributed by atoms with van der Waals surface area (Å²) in [6.07, 6.45) is 1.73. The van der Waals surface area contributed by atoms with Crippen LogP contribution in [0.3, 0.4) is 0 Å². The molecule has 3 nitrogen and oxygen atoms in total. The third kappa shape index (κ3) is 3.22. The molecule has 94 valence electrons. The molecule has 1 heterocycles. The summed E-state index contributed by atoms with van der Waals surface area (Å²) >= 11 is 6.08. The first-order valence-corrected chi connectivity index (χ1v) is 6.10. The van der Waals surface area contributed by atoms with Gasteiger partial charge in [-0.3, -0.25) is 0 Å². The van der Waals surface area contributed by atoms with Crippen LogP contribution in [0, 0.1) is 6.92 Å². The number of benzene rings is 1. The maximum Gasteiger partial charge on any atom is 0.219 e. The van der Waals surface area contributed by atoms with E-state index >= 15 is 0 Å². The van der Waals surface area contributed by atoms with E-state index in [9.17, 15) is 0 Å². The van der Waals surface area contributed by atoms with Gasteiger partial charge >= 0.3 is 0 Å². The number of nitrogens with zero attached hydrogens (tertiary/aromatic N) is 1. The Kier molecular flexibility index (Phi) is 4.18. The zero-order valence-corrected chi connectivity index (χ0v) is 11.2. The normalized spacial score (nSPS) is 10.4. The van der Waals surface area contributed by atoms with E-state index < -0.39 is 0 Å². The van der Waals surface area contributed by atoms with Crippen molar-refractivity contribution in [3.05, 3.63) is 52.7 Å². The molecule has 0 aliphatic rings. The number of aryl methyl sites for hydroxylation is 1. The second-order valence-electron chi connectivity index (χ2n) is 4.07. The number of rotatable bonds is 4. The van der Waals surface area contributed by atoms with Gasteiger partial charge in [-0.05, 0) is 43.3 Å². The van der Waals surface area contributed by atoms with Crippen LogP contribution in [-0.4, -0.2) is 12.0 Å². The molecule has 2 rings (SSSR count). The number of pyridine rings is 1. The highest BCUT2D eigenvalue weighted by Crippen LogP contribution is 2.29. The molecule has 2 aromatic rings. The maximum absolute atomic E-state index is 6.08. The molecule has 0 saturated heterocycles. The number of nitrogens with one attached hydrogen (secondary N) is 1. The van der Waals surface area contributed by atoms with Gasteiger partial charge in [-0.1, -0.05) is 17.7 Å². The van der Waals surface area contributed by atoms with E-state index in [0.717, 1.165) is 17.7 Å². The molecular weight excluding hydrogens is 248 g/mol. The minimum absolute atomic E-state index is 0.551. The van der Waals surface area contributed by atoms with Gasteiger partial charge in [0.1, 0.15) is 5.75 Å². The van der Waals surface area contributed by atoms with Crippen molar-refractivity contribution < 1.29 is 4.74 Å². The lowest BCUT2D eigenvalue weighted by atomic mass is 10.2. The zero-order valence-electron chi connectivity index (χ0n) is 10.4. The molecule has 0 atom stereocenters. The fraction of sp³-hybridized carbons (Fsp3) is 0.214. The monoisotopic (exact) mass is 262 g/mol. The average Bonchev–Trinajstić information content (AvgIpc) is 2.35. The Hall–Kier alpha value is -1.58. The Labute approximate surface area is 112 Å². The van der Waals surface area contributed by atoms with E-state index in [2.05, 4.69) is 10.3 Å². The van der Waals surface area contributed by atoms with Gasteiger partial charge in [-0.25, -0.2) is 4.98 Å². The topological polar surface area (TPSA) is 34.2 Å². The molecule has 1 N–H and O–H groups in total. The number of hydrogen-bond donors (Lipinski definition) is 1. The van der Waals surface area contributed by atoms with E-state index in [-0.39, 0.29) is 0 Å². The Bertz CT molecular complexity index is 543. The molecule has 0 bridgehead atoms. The minimum Gasteiger partial charge on any atom is -0.437 e. The van der Waals surface area contributed by atoms with Crippen molar-refractivity contribution in [2.75, 3.05) is 7.05 Å². The lowest BCUT2D eigenvalue weighted by Crippen LogP contribution is -2.05. The second-order valence-corrected chi connectivity index (χ2v) is 4.48. The standard InChI is InChI=1S/C14H15ClN2O/c1-10-3-4-12(15)13(7-10)18-14-8-11(9-16-2)5-6-17-14/h3-8,16H,9H2,1-2H3. The maximum atomic E-state index is 6.08. The molecule has 1 aromatic heterocycles. The van der Waals surface area contributed by atoms with E-state index in [0.29, 0.717) is 16.7 Å². The number of hydrogen-bond acceptors (Lipinski definition) is 3. The Morgan fingerprint density at radius 1 is 1.28 bits per heavy atom. The molecule has 4 heteroatoms. The molecule has 0 unspecified atom stereocenters. The molecule has 0 saturated carbocycles.